The molecule has 0 aromatic carbocycles. The molecule has 130 valence electrons. The quantitative estimate of drug-likeness (QED) is 0.894. The van der Waals surface area contributed by atoms with Crippen molar-refractivity contribution in [3.05, 3.63) is 33.0 Å². The van der Waals surface area contributed by atoms with E-state index < -0.39 is 0 Å². The molecule has 0 bridgehead atoms. The standard InChI is InChI=1S/C18H26N4OS/c1-11(16-12(2)24-13(3)20-16)22(4)18(23)15-10-19-21-17(15)14-8-6-5-7-9-14/h10-11,14H,5-9H2,1-4H3,(H,19,21)/t11-/m1/s1. The smallest absolute Gasteiger partial charge is 0.257 e. The maximum atomic E-state index is 13.0. The Morgan fingerprint density at radius 1 is 1.33 bits per heavy atom. The van der Waals surface area contributed by atoms with Crippen LogP contribution in [-0.2, 0) is 0 Å². The number of carbonyl (C=O) groups excluding carboxylic acids is 1. The second-order valence-corrected chi connectivity index (χ2v) is 8.21. The highest BCUT2D eigenvalue weighted by Crippen LogP contribution is 2.34. The van der Waals surface area contributed by atoms with Gasteiger partial charge in [-0.15, -0.1) is 11.3 Å². The lowest BCUT2D eigenvalue weighted by Gasteiger charge is -2.26. The molecule has 24 heavy (non-hydrogen) atoms. The third kappa shape index (κ3) is 3.24. The summed E-state index contributed by atoms with van der Waals surface area (Å²) >= 11 is 1.68. The molecule has 1 fully saturated rings. The number of aryl methyl sites for hydroxylation is 2. The van der Waals surface area contributed by atoms with Gasteiger partial charge >= 0.3 is 0 Å². The van der Waals surface area contributed by atoms with Crippen LogP contribution in [0.5, 0.6) is 0 Å². The number of hydrogen-bond acceptors (Lipinski definition) is 4. The summed E-state index contributed by atoms with van der Waals surface area (Å²) in [4.78, 5) is 20.6. The molecule has 0 unspecified atom stereocenters. The zero-order valence-electron chi connectivity index (χ0n) is 14.9. The molecule has 1 N–H and O–H groups in total. The second kappa shape index (κ2) is 7.05. The summed E-state index contributed by atoms with van der Waals surface area (Å²) in [6.07, 6.45) is 7.75. The van der Waals surface area contributed by atoms with Crippen molar-refractivity contribution in [3.63, 3.8) is 0 Å². The van der Waals surface area contributed by atoms with E-state index in [1.165, 1.54) is 24.1 Å². The van der Waals surface area contributed by atoms with Crippen molar-refractivity contribution < 1.29 is 4.79 Å². The molecule has 1 aliphatic carbocycles. The highest BCUT2D eigenvalue weighted by Gasteiger charge is 2.28. The lowest BCUT2D eigenvalue weighted by atomic mass is 9.85. The second-order valence-electron chi connectivity index (χ2n) is 6.80. The molecule has 0 saturated heterocycles. The zero-order chi connectivity index (χ0) is 17.3. The predicted molar refractivity (Wildman–Crippen MR) is 96.5 cm³/mol. The predicted octanol–water partition coefficient (Wildman–Crippen LogP) is 4.36. The molecule has 0 aliphatic heterocycles. The Labute approximate surface area is 147 Å². The summed E-state index contributed by atoms with van der Waals surface area (Å²) in [6.45, 7) is 6.12. The van der Waals surface area contributed by atoms with Gasteiger partial charge in [-0.25, -0.2) is 4.98 Å². The molecule has 2 heterocycles. The van der Waals surface area contributed by atoms with E-state index in [1.807, 2.05) is 20.9 Å². The topological polar surface area (TPSA) is 61.9 Å². The molecular weight excluding hydrogens is 320 g/mol. The molecular formula is C18H26N4OS. The van der Waals surface area contributed by atoms with Gasteiger partial charge in [0.25, 0.3) is 5.91 Å². The fourth-order valence-electron chi connectivity index (χ4n) is 3.65. The van der Waals surface area contributed by atoms with E-state index in [-0.39, 0.29) is 11.9 Å². The van der Waals surface area contributed by atoms with E-state index in [0.717, 1.165) is 34.8 Å². The van der Waals surface area contributed by atoms with Crippen LogP contribution in [0, 0.1) is 13.8 Å². The number of hydrogen-bond donors (Lipinski definition) is 1. The Morgan fingerprint density at radius 2 is 2.04 bits per heavy atom. The summed E-state index contributed by atoms with van der Waals surface area (Å²) < 4.78 is 0. The highest BCUT2D eigenvalue weighted by atomic mass is 32.1. The summed E-state index contributed by atoms with van der Waals surface area (Å²) in [5.41, 5.74) is 2.74. The number of rotatable bonds is 4. The molecule has 6 heteroatoms. The minimum Gasteiger partial charge on any atom is -0.333 e. The Balaban J connectivity index is 1.81. The van der Waals surface area contributed by atoms with Crippen LogP contribution < -0.4 is 0 Å². The lowest BCUT2D eigenvalue weighted by Crippen LogP contribution is -2.31. The van der Waals surface area contributed by atoms with Crippen molar-refractivity contribution in [1.29, 1.82) is 0 Å². The van der Waals surface area contributed by atoms with Crippen LogP contribution in [0.15, 0.2) is 6.20 Å². The Bertz CT molecular complexity index is 714. The van der Waals surface area contributed by atoms with Gasteiger partial charge in [-0.3, -0.25) is 9.89 Å². The summed E-state index contributed by atoms with van der Waals surface area (Å²) in [5.74, 6) is 0.467. The summed E-state index contributed by atoms with van der Waals surface area (Å²) in [5, 5.41) is 8.31. The molecule has 0 radical (unpaired) electrons. The molecule has 3 rings (SSSR count). The molecule has 5 nitrogen and oxygen atoms in total. The third-order valence-electron chi connectivity index (χ3n) is 5.15. The van der Waals surface area contributed by atoms with Crippen LogP contribution in [-0.4, -0.2) is 33.0 Å². The van der Waals surface area contributed by atoms with Gasteiger partial charge in [0.15, 0.2) is 0 Å². The lowest BCUT2D eigenvalue weighted by molar-refractivity contribution is 0.0738. The number of aromatic amines is 1. The normalized spacial score (nSPS) is 17.0. The third-order valence-corrected chi connectivity index (χ3v) is 6.05. The van der Waals surface area contributed by atoms with Crippen LogP contribution in [0.2, 0.25) is 0 Å². The fourth-order valence-corrected chi connectivity index (χ4v) is 4.56. The van der Waals surface area contributed by atoms with Gasteiger partial charge in [-0.05, 0) is 33.6 Å². The zero-order valence-corrected chi connectivity index (χ0v) is 15.7. The van der Waals surface area contributed by atoms with Gasteiger partial charge in [0.1, 0.15) is 0 Å². The molecule has 1 aliphatic rings. The SMILES string of the molecule is Cc1nc([C@@H](C)N(C)C(=O)c2cn[nH]c2C2CCCCC2)c(C)s1. The molecule has 1 amide bonds. The van der Waals surface area contributed by atoms with Crippen LogP contribution in [0.1, 0.15) is 82.6 Å². The summed E-state index contributed by atoms with van der Waals surface area (Å²) in [7, 11) is 1.86. The summed E-state index contributed by atoms with van der Waals surface area (Å²) in [6, 6.07) is -0.0449. The molecule has 1 saturated carbocycles. The fraction of sp³-hybridized carbons (Fsp3) is 0.611. The maximum absolute atomic E-state index is 13.0. The van der Waals surface area contributed by atoms with Crippen molar-refractivity contribution in [1.82, 2.24) is 20.1 Å². The number of H-pyrrole nitrogens is 1. The van der Waals surface area contributed by atoms with Crippen LogP contribution in [0.4, 0.5) is 0 Å². The molecule has 2 aromatic rings. The van der Waals surface area contributed by atoms with Gasteiger partial charge in [0.05, 0.1) is 34.2 Å². The van der Waals surface area contributed by atoms with Crippen molar-refractivity contribution in [2.24, 2.45) is 0 Å². The van der Waals surface area contributed by atoms with E-state index in [1.54, 1.807) is 22.4 Å². The Morgan fingerprint density at radius 3 is 2.67 bits per heavy atom. The van der Waals surface area contributed by atoms with E-state index in [0.29, 0.717) is 5.92 Å². The first-order chi connectivity index (χ1) is 11.5. The first kappa shape index (κ1) is 17.1. The minimum absolute atomic E-state index is 0.0295. The Hall–Kier alpha value is -1.69. The van der Waals surface area contributed by atoms with E-state index in [4.69, 9.17) is 0 Å². The number of nitrogens with one attached hydrogen (secondary N) is 1. The van der Waals surface area contributed by atoms with Crippen LogP contribution >= 0.6 is 11.3 Å². The number of aromatic nitrogens is 3. The van der Waals surface area contributed by atoms with Crippen molar-refractivity contribution in [2.75, 3.05) is 7.05 Å². The van der Waals surface area contributed by atoms with Gasteiger partial charge in [-0.1, -0.05) is 19.3 Å². The monoisotopic (exact) mass is 346 g/mol. The van der Waals surface area contributed by atoms with Crippen molar-refractivity contribution in [3.8, 4) is 0 Å². The number of carbonyl (C=O) groups is 1. The van der Waals surface area contributed by atoms with Gasteiger partial charge in [-0.2, -0.15) is 5.10 Å². The van der Waals surface area contributed by atoms with Crippen molar-refractivity contribution in [2.45, 2.75) is 64.8 Å². The molecule has 0 spiro atoms. The van der Waals surface area contributed by atoms with Gasteiger partial charge < -0.3 is 4.90 Å². The number of thiazole rings is 1. The molecule has 1 atom stereocenters. The van der Waals surface area contributed by atoms with Gasteiger partial charge in [0, 0.05) is 17.8 Å². The first-order valence-corrected chi connectivity index (χ1v) is 9.55. The minimum atomic E-state index is -0.0449. The highest BCUT2D eigenvalue weighted by molar-refractivity contribution is 7.11. The van der Waals surface area contributed by atoms with Crippen molar-refractivity contribution >= 4 is 17.2 Å². The Kier molecular flexibility index (Phi) is 5.04. The van der Waals surface area contributed by atoms with E-state index in [2.05, 4.69) is 22.1 Å². The largest absolute Gasteiger partial charge is 0.333 e. The van der Waals surface area contributed by atoms with E-state index >= 15 is 0 Å². The average molecular weight is 347 g/mol. The van der Waals surface area contributed by atoms with E-state index in [9.17, 15) is 4.79 Å². The first-order valence-electron chi connectivity index (χ1n) is 8.73. The van der Waals surface area contributed by atoms with Crippen LogP contribution in [0.3, 0.4) is 0 Å². The average Bonchev–Trinajstić information content (AvgIpc) is 3.20. The van der Waals surface area contributed by atoms with Crippen LogP contribution in [0.25, 0.3) is 0 Å². The molecule has 2 aromatic heterocycles. The van der Waals surface area contributed by atoms with Gasteiger partial charge in [0.2, 0.25) is 0 Å². The number of nitrogens with zero attached hydrogens (tertiary/aromatic N) is 3. The maximum Gasteiger partial charge on any atom is 0.257 e. The number of amides is 1.